The lowest BCUT2D eigenvalue weighted by Crippen LogP contribution is -2.68. The number of fused-ring (bicyclic) bond motifs is 3. The lowest BCUT2D eigenvalue weighted by Gasteiger charge is -2.46. The maximum atomic E-state index is 13.0. The molecule has 3 N–H and O–H groups in total. The summed E-state index contributed by atoms with van der Waals surface area (Å²) < 4.78 is 5.62. The van der Waals surface area contributed by atoms with Crippen LogP contribution in [0.1, 0.15) is 42.7 Å². The number of benzene rings is 2. The van der Waals surface area contributed by atoms with Crippen LogP contribution in [-0.4, -0.2) is 64.9 Å². The highest BCUT2D eigenvalue weighted by atomic mass is 16.5. The fraction of sp³-hybridized carbons (Fsp3) is 0.444. The van der Waals surface area contributed by atoms with Gasteiger partial charge in [-0.1, -0.05) is 61.4 Å². The van der Waals surface area contributed by atoms with Crippen molar-refractivity contribution in [2.45, 2.75) is 37.2 Å². The molecule has 2 fully saturated rings. The number of aliphatic carboxylic acids is 1. The number of carboxylic acids is 1. The number of nitrogens with zero attached hydrogens (tertiary/aromatic N) is 1. The molecule has 8 nitrogen and oxygen atoms in total. The first-order valence-electron chi connectivity index (χ1n) is 12.2. The van der Waals surface area contributed by atoms with Gasteiger partial charge in [0, 0.05) is 18.4 Å². The van der Waals surface area contributed by atoms with E-state index in [1.54, 1.807) is 0 Å². The number of carbonyl (C=O) groups is 3. The van der Waals surface area contributed by atoms with E-state index in [-0.39, 0.29) is 43.4 Å². The monoisotopic (exact) mass is 478 g/mol. The van der Waals surface area contributed by atoms with Crippen molar-refractivity contribution >= 4 is 18.0 Å². The summed E-state index contributed by atoms with van der Waals surface area (Å²) in [5.74, 6) is -1.81. The first-order chi connectivity index (χ1) is 16.9. The number of carboxylic acid groups (broad SMARTS) is 1. The molecule has 0 radical (unpaired) electrons. The van der Waals surface area contributed by atoms with E-state index >= 15 is 0 Å². The summed E-state index contributed by atoms with van der Waals surface area (Å²) in [6.45, 7) is 0.174. The first-order valence-corrected chi connectivity index (χ1v) is 12.2. The van der Waals surface area contributed by atoms with Gasteiger partial charge in [0.1, 0.15) is 6.61 Å². The SMILES string of the molecule is O=C(NC[C@H]1CCCC[C@H]1C(=O)N1CC(O)(C(=O)O)C1)OCC1c2ccccc2-c2ccccc21. The van der Waals surface area contributed by atoms with E-state index in [4.69, 9.17) is 9.84 Å². The molecular weight excluding hydrogens is 448 g/mol. The van der Waals surface area contributed by atoms with Crippen LogP contribution in [-0.2, 0) is 14.3 Å². The van der Waals surface area contributed by atoms with Crippen molar-refractivity contribution in [2.24, 2.45) is 11.8 Å². The Hall–Kier alpha value is -3.39. The van der Waals surface area contributed by atoms with Gasteiger partial charge >= 0.3 is 12.1 Å². The predicted octanol–water partition coefficient (Wildman–Crippen LogP) is 2.99. The van der Waals surface area contributed by atoms with Gasteiger partial charge in [-0.15, -0.1) is 0 Å². The standard InChI is InChI=1S/C27H30N2O6/c30-24(29-15-27(34,16-29)25(31)32)18-8-2-1-7-17(18)13-28-26(33)35-14-23-21-11-5-3-9-19(21)20-10-4-6-12-22(20)23/h3-6,9-12,17-18,23,34H,1-2,7-8,13-16H2,(H,28,33)(H,31,32)/t17-,18-/m1/s1. The second-order valence-electron chi connectivity index (χ2n) is 9.89. The number of nitrogens with one attached hydrogen (secondary N) is 1. The van der Waals surface area contributed by atoms with Crippen molar-refractivity contribution in [3.05, 3.63) is 59.7 Å². The van der Waals surface area contributed by atoms with Crippen LogP contribution in [0.4, 0.5) is 4.79 Å². The molecule has 0 unspecified atom stereocenters. The van der Waals surface area contributed by atoms with Crippen molar-refractivity contribution in [1.82, 2.24) is 10.2 Å². The van der Waals surface area contributed by atoms with Crippen LogP contribution in [0.2, 0.25) is 0 Å². The van der Waals surface area contributed by atoms with Gasteiger partial charge in [0.25, 0.3) is 0 Å². The molecule has 8 heteroatoms. The highest BCUT2D eigenvalue weighted by Crippen LogP contribution is 2.44. The molecule has 1 saturated carbocycles. The number of alkyl carbamates (subject to hydrolysis) is 1. The van der Waals surface area contributed by atoms with Crippen LogP contribution < -0.4 is 5.32 Å². The highest BCUT2D eigenvalue weighted by Gasteiger charge is 2.51. The van der Waals surface area contributed by atoms with E-state index in [1.807, 2.05) is 24.3 Å². The highest BCUT2D eigenvalue weighted by molar-refractivity contribution is 5.86. The summed E-state index contributed by atoms with van der Waals surface area (Å²) in [7, 11) is 0. The fourth-order valence-electron chi connectivity index (χ4n) is 5.75. The molecule has 1 aliphatic heterocycles. The third-order valence-electron chi connectivity index (χ3n) is 7.69. The molecule has 2 aliphatic carbocycles. The number of likely N-dealkylation sites (tertiary alicyclic amines) is 1. The van der Waals surface area contributed by atoms with E-state index in [1.165, 1.54) is 16.0 Å². The third-order valence-corrected chi connectivity index (χ3v) is 7.69. The molecule has 0 aromatic heterocycles. The maximum absolute atomic E-state index is 13.0. The second kappa shape index (κ2) is 9.34. The predicted molar refractivity (Wildman–Crippen MR) is 128 cm³/mol. The van der Waals surface area contributed by atoms with E-state index < -0.39 is 17.7 Å². The number of hydrogen-bond acceptors (Lipinski definition) is 5. The van der Waals surface area contributed by atoms with Gasteiger partial charge in [-0.05, 0) is 41.0 Å². The molecular formula is C27H30N2O6. The van der Waals surface area contributed by atoms with Crippen LogP contribution >= 0.6 is 0 Å². The topological polar surface area (TPSA) is 116 Å². The molecule has 5 rings (SSSR count). The Balaban J connectivity index is 1.16. The molecule has 2 aromatic rings. The van der Waals surface area contributed by atoms with Gasteiger partial charge < -0.3 is 25.2 Å². The normalized spacial score (nSPS) is 22.5. The fourth-order valence-corrected chi connectivity index (χ4v) is 5.75. The smallest absolute Gasteiger partial charge is 0.407 e. The summed E-state index contributed by atoms with van der Waals surface area (Å²) in [6.07, 6.45) is 2.87. The molecule has 0 bridgehead atoms. The minimum Gasteiger partial charge on any atom is -0.479 e. The Kier molecular flexibility index (Phi) is 6.23. The van der Waals surface area contributed by atoms with Crippen molar-refractivity contribution in [1.29, 1.82) is 0 Å². The summed E-state index contributed by atoms with van der Waals surface area (Å²) in [6, 6.07) is 16.3. The second-order valence-corrected chi connectivity index (χ2v) is 9.89. The molecule has 1 heterocycles. The average molecular weight is 479 g/mol. The number of carbonyl (C=O) groups excluding carboxylic acids is 2. The quantitative estimate of drug-likeness (QED) is 0.588. The number of rotatable bonds is 6. The number of ether oxygens (including phenoxy) is 1. The van der Waals surface area contributed by atoms with Gasteiger partial charge in [0.15, 0.2) is 5.60 Å². The summed E-state index contributed by atoms with van der Waals surface area (Å²) in [4.78, 5) is 38.1. The summed E-state index contributed by atoms with van der Waals surface area (Å²) in [5, 5.41) is 21.9. The van der Waals surface area contributed by atoms with Crippen LogP contribution in [0, 0.1) is 11.8 Å². The van der Waals surface area contributed by atoms with Crippen LogP contribution in [0.3, 0.4) is 0 Å². The number of β-amino-alcohol motifs (C(OH)–C–C–N with tert-alkyl or cyclic N) is 1. The van der Waals surface area contributed by atoms with Crippen LogP contribution in [0.25, 0.3) is 11.1 Å². The summed E-state index contributed by atoms with van der Waals surface area (Å²) in [5.41, 5.74) is 2.79. The molecule has 1 saturated heterocycles. The molecule has 2 atom stereocenters. The zero-order chi connectivity index (χ0) is 24.6. The van der Waals surface area contributed by atoms with Crippen molar-refractivity contribution in [2.75, 3.05) is 26.2 Å². The number of aliphatic hydroxyl groups is 1. The lowest BCUT2D eigenvalue weighted by molar-refractivity contribution is -0.184. The minimum atomic E-state index is -1.85. The van der Waals surface area contributed by atoms with E-state index in [0.29, 0.717) is 13.0 Å². The lowest BCUT2D eigenvalue weighted by atomic mass is 9.77. The molecule has 184 valence electrons. The zero-order valence-corrected chi connectivity index (χ0v) is 19.5. The maximum Gasteiger partial charge on any atom is 0.407 e. The minimum absolute atomic E-state index is 0.0171. The van der Waals surface area contributed by atoms with Gasteiger partial charge in [0.05, 0.1) is 13.1 Å². The van der Waals surface area contributed by atoms with Crippen molar-refractivity contribution < 1.29 is 29.3 Å². The Labute approximate surface area is 203 Å². The largest absolute Gasteiger partial charge is 0.479 e. The molecule has 2 amide bonds. The van der Waals surface area contributed by atoms with Crippen LogP contribution in [0.15, 0.2) is 48.5 Å². The Morgan fingerprint density at radius 1 is 0.971 bits per heavy atom. The van der Waals surface area contributed by atoms with Gasteiger partial charge in [-0.25, -0.2) is 9.59 Å². The molecule has 2 aromatic carbocycles. The molecule has 0 spiro atoms. The Morgan fingerprint density at radius 2 is 1.57 bits per heavy atom. The van der Waals surface area contributed by atoms with E-state index in [0.717, 1.165) is 30.4 Å². The van der Waals surface area contributed by atoms with Gasteiger partial charge in [-0.2, -0.15) is 0 Å². The van der Waals surface area contributed by atoms with Crippen molar-refractivity contribution in [3.8, 4) is 11.1 Å². The Bertz CT molecular complexity index is 1100. The van der Waals surface area contributed by atoms with Gasteiger partial charge in [0.2, 0.25) is 5.91 Å². The Morgan fingerprint density at radius 3 is 2.20 bits per heavy atom. The summed E-state index contributed by atoms with van der Waals surface area (Å²) >= 11 is 0. The average Bonchev–Trinajstić information content (AvgIpc) is 3.17. The van der Waals surface area contributed by atoms with Crippen LogP contribution in [0.5, 0.6) is 0 Å². The van der Waals surface area contributed by atoms with E-state index in [2.05, 4.69) is 29.6 Å². The zero-order valence-electron chi connectivity index (χ0n) is 19.5. The first kappa shape index (κ1) is 23.4. The van der Waals surface area contributed by atoms with E-state index in [9.17, 15) is 19.5 Å². The number of hydrogen-bond donors (Lipinski definition) is 3. The third kappa shape index (κ3) is 4.38. The van der Waals surface area contributed by atoms with Crippen molar-refractivity contribution in [3.63, 3.8) is 0 Å². The number of amides is 2. The molecule has 35 heavy (non-hydrogen) atoms. The molecule has 3 aliphatic rings. The van der Waals surface area contributed by atoms with Gasteiger partial charge in [-0.3, -0.25) is 4.79 Å².